The van der Waals surface area contributed by atoms with Crippen LogP contribution in [0.15, 0.2) is 24.3 Å². The minimum Gasteiger partial charge on any atom is -0.487 e. The van der Waals surface area contributed by atoms with Crippen LogP contribution in [-0.2, 0) is 11.2 Å². The van der Waals surface area contributed by atoms with Gasteiger partial charge in [-0.1, -0.05) is 37.5 Å². The van der Waals surface area contributed by atoms with Crippen molar-refractivity contribution in [1.82, 2.24) is 4.90 Å². The van der Waals surface area contributed by atoms with Gasteiger partial charge < -0.3 is 19.5 Å². The summed E-state index contributed by atoms with van der Waals surface area (Å²) in [5.41, 5.74) is 1.35. The number of benzene rings is 1. The number of piperidine rings is 1. The number of para-hydroxylation sites is 1. The molecule has 1 aliphatic carbocycles. The van der Waals surface area contributed by atoms with E-state index in [0.717, 1.165) is 63.9 Å². The molecule has 2 heterocycles. The van der Waals surface area contributed by atoms with E-state index in [1.165, 1.54) is 24.8 Å². The third-order valence-electron chi connectivity index (χ3n) is 6.46. The van der Waals surface area contributed by atoms with E-state index in [2.05, 4.69) is 29.2 Å². The zero-order valence-electron chi connectivity index (χ0n) is 15.9. The Morgan fingerprint density at radius 2 is 1.88 bits per heavy atom. The van der Waals surface area contributed by atoms with E-state index >= 15 is 0 Å². The van der Waals surface area contributed by atoms with Crippen LogP contribution in [0.4, 0.5) is 0 Å². The maximum atomic E-state index is 10.4. The Balaban J connectivity index is 1.21. The number of hydrogen-bond donors (Lipinski definition) is 1. The lowest BCUT2D eigenvalue weighted by atomic mass is 9.83. The van der Waals surface area contributed by atoms with Gasteiger partial charge in [0.1, 0.15) is 11.4 Å². The van der Waals surface area contributed by atoms with Gasteiger partial charge in [-0.25, -0.2) is 0 Å². The number of ether oxygens (including phenoxy) is 2. The van der Waals surface area contributed by atoms with E-state index in [1.54, 1.807) is 0 Å². The van der Waals surface area contributed by atoms with Crippen molar-refractivity contribution in [3.05, 3.63) is 29.8 Å². The molecule has 3 aliphatic rings. The summed E-state index contributed by atoms with van der Waals surface area (Å²) in [5, 5.41) is 10.4. The summed E-state index contributed by atoms with van der Waals surface area (Å²) in [4.78, 5) is 2.38. The average Bonchev–Trinajstić information content (AvgIpc) is 2.69. The highest BCUT2D eigenvalue weighted by atomic mass is 16.5. The summed E-state index contributed by atoms with van der Waals surface area (Å²) < 4.78 is 12.4. The Bertz CT molecular complexity index is 577. The van der Waals surface area contributed by atoms with Crippen molar-refractivity contribution in [2.75, 3.05) is 26.2 Å². The number of rotatable bonds is 5. The molecule has 144 valence electrons. The Morgan fingerprint density at radius 1 is 1.12 bits per heavy atom. The summed E-state index contributed by atoms with van der Waals surface area (Å²) in [5.74, 6) is 1.08. The standard InChI is InChI=1S/C22H33NO3/c24-19(17-25-20-7-2-1-3-8-20)16-23-14-12-22(13-15-23)11-10-18-6-4-5-9-21(18)26-22/h4-6,9,19-20,24H,1-3,7-8,10-17H2/t19-/m1/s1. The molecule has 4 heteroatoms. The number of β-amino-alcohol motifs (C(OH)–C–C–N with tert-alkyl or cyclic N) is 1. The number of nitrogens with zero attached hydrogens (tertiary/aromatic N) is 1. The zero-order chi connectivity index (χ0) is 17.8. The Hall–Kier alpha value is -1.10. The average molecular weight is 360 g/mol. The molecule has 1 spiro atoms. The Labute approximate surface area is 157 Å². The lowest BCUT2D eigenvalue weighted by Crippen LogP contribution is -2.51. The first-order valence-corrected chi connectivity index (χ1v) is 10.5. The zero-order valence-corrected chi connectivity index (χ0v) is 15.9. The molecule has 0 aromatic heterocycles. The highest BCUT2D eigenvalue weighted by Gasteiger charge is 2.39. The van der Waals surface area contributed by atoms with Crippen molar-refractivity contribution in [3.8, 4) is 5.75 Å². The lowest BCUT2D eigenvalue weighted by Gasteiger charge is -2.45. The third-order valence-corrected chi connectivity index (χ3v) is 6.46. The van der Waals surface area contributed by atoms with Crippen LogP contribution in [0, 0.1) is 0 Å². The monoisotopic (exact) mass is 359 g/mol. The van der Waals surface area contributed by atoms with E-state index < -0.39 is 0 Å². The maximum absolute atomic E-state index is 10.4. The van der Waals surface area contributed by atoms with Gasteiger partial charge in [-0.2, -0.15) is 0 Å². The minimum absolute atomic E-state index is 0.00834. The molecule has 1 saturated carbocycles. The van der Waals surface area contributed by atoms with Gasteiger partial charge in [-0.3, -0.25) is 0 Å². The van der Waals surface area contributed by atoms with Crippen LogP contribution in [0.3, 0.4) is 0 Å². The van der Waals surface area contributed by atoms with Crippen molar-refractivity contribution in [1.29, 1.82) is 0 Å². The first-order valence-electron chi connectivity index (χ1n) is 10.5. The number of aryl methyl sites for hydroxylation is 1. The summed E-state index contributed by atoms with van der Waals surface area (Å²) in [6, 6.07) is 8.45. The van der Waals surface area contributed by atoms with Crippen LogP contribution < -0.4 is 4.74 Å². The second-order valence-electron chi connectivity index (χ2n) is 8.44. The number of hydrogen-bond acceptors (Lipinski definition) is 4. The van der Waals surface area contributed by atoms with E-state index in [4.69, 9.17) is 9.47 Å². The molecule has 1 atom stereocenters. The Morgan fingerprint density at radius 3 is 2.69 bits per heavy atom. The van der Waals surface area contributed by atoms with Gasteiger partial charge in [-0.05, 0) is 50.2 Å². The molecule has 1 aromatic rings. The predicted octanol–water partition coefficient (Wildman–Crippen LogP) is 3.56. The molecule has 4 nitrogen and oxygen atoms in total. The summed E-state index contributed by atoms with van der Waals surface area (Å²) in [7, 11) is 0. The second kappa shape index (κ2) is 8.28. The van der Waals surface area contributed by atoms with Crippen LogP contribution in [0.5, 0.6) is 5.75 Å². The van der Waals surface area contributed by atoms with Crippen molar-refractivity contribution < 1.29 is 14.6 Å². The van der Waals surface area contributed by atoms with Crippen LogP contribution in [0.1, 0.15) is 56.9 Å². The highest BCUT2D eigenvalue weighted by Crippen LogP contribution is 2.39. The molecular weight excluding hydrogens is 326 g/mol. The fourth-order valence-electron chi connectivity index (χ4n) is 4.78. The summed E-state index contributed by atoms with van der Waals surface area (Å²) >= 11 is 0. The molecule has 4 rings (SSSR count). The van der Waals surface area contributed by atoms with E-state index in [0.29, 0.717) is 12.7 Å². The van der Waals surface area contributed by atoms with Crippen LogP contribution >= 0.6 is 0 Å². The second-order valence-corrected chi connectivity index (χ2v) is 8.44. The Kier molecular flexibility index (Phi) is 5.82. The van der Waals surface area contributed by atoms with Gasteiger partial charge >= 0.3 is 0 Å². The fourth-order valence-corrected chi connectivity index (χ4v) is 4.78. The molecule has 2 aliphatic heterocycles. The number of aliphatic hydroxyl groups excluding tert-OH is 1. The molecule has 1 saturated heterocycles. The van der Waals surface area contributed by atoms with E-state index in [1.807, 2.05) is 0 Å². The summed E-state index contributed by atoms with van der Waals surface area (Å²) in [6.07, 6.45) is 10.6. The maximum Gasteiger partial charge on any atom is 0.123 e. The third kappa shape index (κ3) is 4.41. The van der Waals surface area contributed by atoms with Gasteiger partial charge in [0.25, 0.3) is 0 Å². The molecule has 0 bridgehead atoms. The van der Waals surface area contributed by atoms with Crippen molar-refractivity contribution in [2.45, 2.75) is 75.6 Å². The van der Waals surface area contributed by atoms with Crippen molar-refractivity contribution in [3.63, 3.8) is 0 Å². The van der Waals surface area contributed by atoms with Gasteiger partial charge in [0, 0.05) is 19.6 Å². The molecule has 1 aromatic carbocycles. The van der Waals surface area contributed by atoms with Crippen molar-refractivity contribution in [2.24, 2.45) is 0 Å². The van der Waals surface area contributed by atoms with Gasteiger partial charge in [0.15, 0.2) is 0 Å². The molecule has 26 heavy (non-hydrogen) atoms. The SMILES string of the molecule is O[C@@H](COC1CCCCC1)CN1CCC2(CCc3ccccc3O2)CC1. The number of likely N-dealkylation sites (tertiary alicyclic amines) is 1. The predicted molar refractivity (Wildman–Crippen MR) is 103 cm³/mol. The van der Waals surface area contributed by atoms with Crippen LogP contribution in [-0.4, -0.2) is 54.1 Å². The quantitative estimate of drug-likeness (QED) is 0.873. The van der Waals surface area contributed by atoms with Crippen LogP contribution in [0.2, 0.25) is 0 Å². The van der Waals surface area contributed by atoms with Gasteiger partial charge in [0.05, 0.1) is 18.8 Å². The fraction of sp³-hybridized carbons (Fsp3) is 0.727. The molecule has 0 amide bonds. The lowest BCUT2D eigenvalue weighted by molar-refractivity contribution is -0.0511. The first kappa shape index (κ1) is 18.3. The molecule has 0 unspecified atom stereocenters. The van der Waals surface area contributed by atoms with E-state index in [9.17, 15) is 5.11 Å². The molecule has 0 radical (unpaired) electrons. The molecule has 2 fully saturated rings. The highest BCUT2D eigenvalue weighted by molar-refractivity contribution is 5.36. The van der Waals surface area contributed by atoms with Crippen LogP contribution in [0.25, 0.3) is 0 Å². The number of fused-ring (bicyclic) bond motifs is 1. The van der Waals surface area contributed by atoms with Crippen molar-refractivity contribution >= 4 is 0 Å². The largest absolute Gasteiger partial charge is 0.487 e. The smallest absolute Gasteiger partial charge is 0.123 e. The molecule has 1 N–H and O–H groups in total. The van der Waals surface area contributed by atoms with Gasteiger partial charge in [-0.15, -0.1) is 0 Å². The summed E-state index contributed by atoms with van der Waals surface area (Å²) in [6.45, 7) is 3.21. The number of aliphatic hydroxyl groups is 1. The van der Waals surface area contributed by atoms with Gasteiger partial charge in [0.2, 0.25) is 0 Å². The first-order chi connectivity index (χ1) is 12.7. The topological polar surface area (TPSA) is 41.9 Å². The normalized spacial score (nSPS) is 24.8. The molecular formula is C22H33NO3. The minimum atomic E-state index is -0.376. The van der Waals surface area contributed by atoms with E-state index in [-0.39, 0.29) is 11.7 Å².